The van der Waals surface area contributed by atoms with Crippen LogP contribution < -0.4 is 5.43 Å². The van der Waals surface area contributed by atoms with Gasteiger partial charge in [-0.25, -0.2) is 5.43 Å². The molecule has 3 aromatic rings. The summed E-state index contributed by atoms with van der Waals surface area (Å²) in [4.78, 5) is 12.3. The second kappa shape index (κ2) is 7.51. The highest BCUT2D eigenvalue weighted by Gasteiger charge is 2.16. The molecule has 7 heteroatoms. The minimum atomic E-state index is -0.397. The van der Waals surface area contributed by atoms with E-state index < -0.39 is 5.91 Å². The monoisotopic (exact) mass is 372 g/mol. The van der Waals surface area contributed by atoms with Crippen molar-refractivity contribution in [1.29, 1.82) is 0 Å². The Morgan fingerprint density at radius 1 is 1.12 bits per heavy atom. The molecule has 0 aliphatic carbocycles. The van der Waals surface area contributed by atoms with E-state index >= 15 is 0 Å². The second-order valence-corrected chi connectivity index (χ2v) is 6.09. The molecule has 1 heterocycles. The average molecular weight is 373 g/mol. The molecule has 0 saturated heterocycles. The van der Waals surface area contributed by atoms with Crippen LogP contribution in [0.5, 0.6) is 0 Å². The molecule has 0 fully saturated rings. The Bertz CT molecular complexity index is 915. The lowest BCUT2D eigenvalue weighted by atomic mass is 10.1. The van der Waals surface area contributed by atoms with Crippen LogP contribution in [0.2, 0.25) is 10.0 Å². The fourth-order valence-electron chi connectivity index (χ4n) is 2.34. The van der Waals surface area contributed by atoms with Crippen molar-refractivity contribution in [3.05, 3.63) is 75.4 Å². The van der Waals surface area contributed by atoms with Crippen molar-refractivity contribution in [3.8, 4) is 11.3 Å². The number of aromatic amines is 1. The highest BCUT2D eigenvalue weighted by molar-refractivity contribution is 6.38. The maximum atomic E-state index is 12.3. The lowest BCUT2D eigenvalue weighted by Gasteiger charge is -2.02. The van der Waals surface area contributed by atoms with E-state index in [0.29, 0.717) is 21.3 Å². The van der Waals surface area contributed by atoms with Crippen molar-refractivity contribution in [2.75, 3.05) is 0 Å². The van der Waals surface area contributed by atoms with Gasteiger partial charge in [0.2, 0.25) is 0 Å². The normalized spacial score (nSPS) is 11.0. The number of rotatable bonds is 4. The van der Waals surface area contributed by atoms with E-state index in [9.17, 15) is 4.79 Å². The molecule has 0 spiro atoms. The number of hydrogen-bond acceptors (Lipinski definition) is 3. The van der Waals surface area contributed by atoms with Gasteiger partial charge in [0, 0.05) is 16.7 Å². The largest absolute Gasteiger partial charge is 0.289 e. The van der Waals surface area contributed by atoms with Gasteiger partial charge in [-0.15, -0.1) is 0 Å². The van der Waals surface area contributed by atoms with E-state index in [-0.39, 0.29) is 0 Å². The molecule has 1 amide bonds. The number of carbonyl (C=O) groups is 1. The van der Waals surface area contributed by atoms with E-state index in [4.69, 9.17) is 23.2 Å². The van der Waals surface area contributed by atoms with Gasteiger partial charge in [0.25, 0.3) is 5.91 Å². The number of nitrogens with zero attached hydrogens (tertiary/aromatic N) is 2. The van der Waals surface area contributed by atoms with Gasteiger partial charge < -0.3 is 0 Å². The van der Waals surface area contributed by atoms with Crippen molar-refractivity contribution >= 4 is 35.3 Å². The molecule has 0 radical (unpaired) electrons. The summed E-state index contributed by atoms with van der Waals surface area (Å²) in [5.74, 6) is -0.397. The van der Waals surface area contributed by atoms with Crippen molar-refractivity contribution in [2.45, 2.75) is 6.92 Å². The highest BCUT2D eigenvalue weighted by atomic mass is 35.5. The zero-order valence-corrected chi connectivity index (χ0v) is 14.8. The molecule has 126 valence electrons. The Kier molecular flexibility index (Phi) is 5.16. The fraction of sp³-hybridized carbons (Fsp3) is 0.0556. The number of aromatic nitrogens is 2. The number of nitrogens with one attached hydrogen (secondary N) is 2. The van der Waals surface area contributed by atoms with Crippen LogP contribution >= 0.6 is 23.2 Å². The molecule has 2 N–H and O–H groups in total. The molecule has 1 aromatic heterocycles. The second-order valence-electron chi connectivity index (χ2n) is 5.27. The van der Waals surface area contributed by atoms with Gasteiger partial charge in [-0.1, -0.05) is 59.6 Å². The summed E-state index contributed by atoms with van der Waals surface area (Å²) in [6, 6.07) is 14.8. The Hall–Kier alpha value is -2.63. The maximum absolute atomic E-state index is 12.3. The highest BCUT2D eigenvalue weighted by Crippen LogP contribution is 2.23. The van der Waals surface area contributed by atoms with Crippen molar-refractivity contribution < 1.29 is 4.79 Å². The SMILES string of the molecule is Cc1c(-c2ccccc2)n[nH]c1C(=O)N/N=C/c1c(Cl)cccc1Cl. The zero-order valence-electron chi connectivity index (χ0n) is 13.3. The summed E-state index contributed by atoms with van der Waals surface area (Å²) >= 11 is 12.1. The third-order valence-corrected chi connectivity index (χ3v) is 4.30. The maximum Gasteiger partial charge on any atom is 0.289 e. The van der Waals surface area contributed by atoms with Gasteiger partial charge in [0.05, 0.1) is 22.0 Å². The topological polar surface area (TPSA) is 70.1 Å². The Labute approximate surface area is 154 Å². The van der Waals surface area contributed by atoms with Crippen LogP contribution in [0.4, 0.5) is 0 Å². The summed E-state index contributed by atoms with van der Waals surface area (Å²) in [6.07, 6.45) is 1.41. The third kappa shape index (κ3) is 3.73. The summed E-state index contributed by atoms with van der Waals surface area (Å²) < 4.78 is 0. The van der Waals surface area contributed by atoms with Crippen LogP contribution in [0.25, 0.3) is 11.3 Å². The van der Waals surface area contributed by atoms with Crippen LogP contribution in [0.3, 0.4) is 0 Å². The van der Waals surface area contributed by atoms with Crippen LogP contribution in [0, 0.1) is 6.92 Å². The van der Waals surface area contributed by atoms with E-state index in [1.165, 1.54) is 6.21 Å². The zero-order chi connectivity index (χ0) is 17.8. The molecule has 0 saturated carbocycles. The molecule has 2 aromatic carbocycles. The summed E-state index contributed by atoms with van der Waals surface area (Å²) in [7, 11) is 0. The van der Waals surface area contributed by atoms with Gasteiger partial charge in [-0.2, -0.15) is 10.2 Å². The Morgan fingerprint density at radius 3 is 2.48 bits per heavy atom. The van der Waals surface area contributed by atoms with E-state index in [0.717, 1.165) is 16.8 Å². The molecular formula is C18H14Cl2N4O. The molecule has 0 aliphatic heterocycles. The molecule has 0 unspecified atom stereocenters. The lowest BCUT2D eigenvalue weighted by Crippen LogP contribution is -2.19. The smallest absolute Gasteiger partial charge is 0.272 e. The van der Waals surface area contributed by atoms with Crippen LogP contribution in [0.15, 0.2) is 53.6 Å². The quantitative estimate of drug-likeness (QED) is 0.524. The summed E-state index contributed by atoms with van der Waals surface area (Å²) in [5, 5.41) is 11.8. The number of carbonyl (C=O) groups excluding carboxylic acids is 1. The minimum Gasteiger partial charge on any atom is -0.272 e. The predicted molar refractivity (Wildman–Crippen MR) is 100 cm³/mol. The first-order valence-corrected chi connectivity index (χ1v) is 8.21. The molecule has 0 atom stereocenters. The minimum absolute atomic E-state index is 0.348. The first kappa shape index (κ1) is 17.2. The number of hydrazone groups is 1. The number of H-pyrrole nitrogens is 1. The predicted octanol–water partition coefficient (Wildman–Crippen LogP) is 4.46. The standard InChI is InChI=1S/C18H14Cl2N4O/c1-11-16(12-6-3-2-4-7-12)22-23-17(11)18(25)24-21-10-13-14(19)8-5-9-15(13)20/h2-10H,1H3,(H,22,23)(H,24,25)/b21-10+. The summed E-state index contributed by atoms with van der Waals surface area (Å²) in [5.41, 5.74) is 5.74. The molecule has 5 nitrogen and oxygen atoms in total. The van der Waals surface area contributed by atoms with Crippen molar-refractivity contribution in [3.63, 3.8) is 0 Å². The van der Waals surface area contributed by atoms with Gasteiger partial charge in [0.15, 0.2) is 0 Å². The number of hydrogen-bond donors (Lipinski definition) is 2. The number of amides is 1. The molecule has 0 bridgehead atoms. The lowest BCUT2D eigenvalue weighted by molar-refractivity contribution is 0.0949. The number of benzene rings is 2. The fourth-order valence-corrected chi connectivity index (χ4v) is 2.84. The first-order chi connectivity index (χ1) is 12.1. The van der Waals surface area contributed by atoms with Crippen LogP contribution in [-0.2, 0) is 0 Å². The average Bonchev–Trinajstić information content (AvgIpc) is 3.00. The third-order valence-electron chi connectivity index (χ3n) is 3.64. The van der Waals surface area contributed by atoms with Crippen molar-refractivity contribution in [1.82, 2.24) is 15.6 Å². The Morgan fingerprint density at radius 2 is 1.80 bits per heavy atom. The molecule has 3 rings (SSSR count). The van der Waals surface area contributed by atoms with E-state index in [1.807, 2.05) is 37.3 Å². The van der Waals surface area contributed by atoms with Gasteiger partial charge in [-0.05, 0) is 19.1 Å². The van der Waals surface area contributed by atoms with Crippen LogP contribution in [0.1, 0.15) is 21.6 Å². The van der Waals surface area contributed by atoms with E-state index in [1.54, 1.807) is 18.2 Å². The van der Waals surface area contributed by atoms with Gasteiger partial charge in [-0.3, -0.25) is 9.89 Å². The molecular weight excluding hydrogens is 359 g/mol. The number of halogens is 2. The van der Waals surface area contributed by atoms with Gasteiger partial charge in [0.1, 0.15) is 5.69 Å². The molecule has 25 heavy (non-hydrogen) atoms. The first-order valence-electron chi connectivity index (χ1n) is 7.45. The van der Waals surface area contributed by atoms with Gasteiger partial charge >= 0.3 is 0 Å². The molecule has 0 aliphatic rings. The Balaban J connectivity index is 1.77. The van der Waals surface area contributed by atoms with Crippen molar-refractivity contribution in [2.24, 2.45) is 5.10 Å². The van der Waals surface area contributed by atoms with E-state index in [2.05, 4.69) is 20.7 Å². The van der Waals surface area contributed by atoms with Crippen LogP contribution in [-0.4, -0.2) is 22.3 Å². The summed E-state index contributed by atoms with van der Waals surface area (Å²) in [6.45, 7) is 1.83.